The predicted octanol–water partition coefficient (Wildman–Crippen LogP) is 7.72. The molecule has 1 aromatic rings. The Labute approximate surface area is 161 Å². The molecule has 0 aliphatic heterocycles. The number of allylic oxidation sites excluding steroid dienone is 5. The van der Waals surface area contributed by atoms with E-state index in [0.717, 1.165) is 12.1 Å². The van der Waals surface area contributed by atoms with Gasteiger partial charge >= 0.3 is 0 Å². The van der Waals surface area contributed by atoms with E-state index in [2.05, 4.69) is 89.9 Å². The third kappa shape index (κ3) is 6.44. The van der Waals surface area contributed by atoms with Gasteiger partial charge in [-0.3, -0.25) is 4.99 Å². The van der Waals surface area contributed by atoms with E-state index >= 15 is 0 Å². The van der Waals surface area contributed by atoms with Crippen LogP contribution in [0.2, 0.25) is 0 Å². The van der Waals surface area contributed by atoms with Gasteiger partial charge in [0, 0.05) is 18.3 Å². The van der Waals surface area contributed by atoms with Gasteiger partial charge in [-0.15, -0.1) is 0 Å². The maximum Gasteiger partial charge on any atom is 0.0224 e. The van der Waals surface area contributed by atoms with Crippen molar-refractivity contribution in [3.05, 3.63) is 65.4 Å². The van der Waals surface area contributed by atoms with Crippen LogP contribution in [0.15, 0.2) is 64.8 Å². The molecule has 0 aliphatic rings. The first-order valence-electron chi connectivity index (χ1n) is 9.87. The van der Waals surface area contributed by atoms with Gasteiger partial charge in [0.25, 0.3) is 0 Å². The highest BCUT2D eigenvalue weighted by molar-refractivity contribution is 5.88. The zero-order valence-electron chi connectivity index (χ0n) is 18.0. The SMILES string of the molecule is C/C=C\N=C(C)C/C=C(\C(C)=C(/C)C(C(C)C)C(C)C)c1ccccc1. The lowest BCUT2D eigenvalue weighted by atomic mass is 9.77. The van der Waals surface area contributed by atoms with Gasteiger partial charge < -0.3 is 0 Å². The molecule has 0 aromatic heterocycles. The van der Waals surface area contributed by atoms with E-state index in [1.165, 1.54) is 22.3 Å². The maximum atomic E-state index is 4.48. The van der Waals surface area contributed by atoms with Gasteiger partial charge in [0.05, 0.1) is 0 Å². The summed E-state index contributed by atoms with van der Waals surface area (Å²) in [5, 5.41) is 0. The first kappa shape index (κ1) is 22.2. The molecule has 0 aliphatic carbocycles. The second-order valence-electron chi connectivity index (χ2n) is 7.86. The summed E-state index contributed by atoms with van der Waals surface area (Å²) >= 11 is 0. The minimum absolute atomic E-state index is 0.597. The van der Waals surface area contributed by atoms with E-state index in [1.807, 2.05) is 19.2 Å². The quantitative estimate of drug-likeness (QED) is 0.336. The normalized spacial score (nSPS) is 14.7. The molecular formula is C25H37N. The van der Waals surface area contributed by atoms with Crippen molar-refractivity contribution in [1.29, 1.82) is 0 Å². The summed E-state index contributed by atoms with van der Waals surface area (Å²) in [5.41, 5.74) is 6.67. The topological polar surface area (TPSA) is 12.4 Å². The van der Waals surface area contributed by atoms with Crippen molar-refractivity contribution in [3.8, 4) is 0 Å². The molecule has 0 radical (unpaired) electrons. The molecular weight excluding hydrogens is 314 g/mol. The summed E-state index contributed by atoms with van der Waals surface area (Å²) in [6.45, 7) is 18.0. The van der Waals surface area contributed by atoms with Crippen LogP contribution in [0.3, 0.4) is 0 Å². The first-order valence-corrected chi connectivity index (χ1v) is 9.87. The smallest absolute Gasteiger partial charge is 0.0224 e. The molecule has 0 heterocycles. The molecule has 0 saturated heterocycles. The number of benzene rings is 1. The molecule has 0 atom stereocenters. The highest BCUT2D eigenvalue weighted by Gasteiger charge is 2.22. The third-order valence-electron chi connectivity index (χ3n) is 5.06. The van der Waals surface area contributed by atoms with Crippen LogP contribution in [-0.2, 0) is 0 Å². The lowest BCUT2D eigenvalue weighted by Crippen LogP contribution is -2.18. The highest BCUT2D eigenvalue weighted by Crippen LogP contribution is 2.35. The van der Waals surface area contributed by atoms with Crippen molar-refractivity contribution in [2.24, 2.45) is 22.7 Å². The Morgan fingerprint density at radius 1 is 0.962 bits per heavy atom. The van der Waals surface area contributed by atoms with Gasteiger partial charge in [-0.25, -0.2) is 0 Å². The fourth-order valence-electron chi connectivity index (χ4n) is 3.84. The second-order valence-corrected chi connectivity index (χ2v) is 7.86. The number of nitrogens with zero attached hydrogens (tertiary/aromatic N) is 1. The number of hydrogen-bond acceptors (Lipinski definition) is 1. The van der Waals surface area contributed by atoms with Crippen molar-refractivity contribution in [2.45, 2.75) is 61.8 Å². The van der Waals surface area contributed by atoms with E-state index < -0.39 is 0 Å². The van der Waals surface area contributed by atoms with Gasteiger partial charge in [0.1, 0.15) is 0 Å². The average molecular weight is 352 g/mol. The zero-order valence-corrected chi connectivity index (χ0v) is 18.0. The number of rotatable bonds is 8. The summed E-state index contributed by atoms with van der Waals surface area (Å²) in [6.07, 6.45) is 7.05. The molecule has 1 nitrogen and oxygen atoms in total. The Balaban J connectivity index is 3.38. The summed E-state index contributed by atoms with van der Waals surface area (Å²) in [6, 6.07) is 10.7. The lowest BCUT2D eigenvalue weighted by Gasteiger charge is -2.28. The predicted molar refractivity (Wildman–Crippen MR) is 118 cm³/mol. The van der Waals surface area contributed by atoms with Crippen LogP contribution in [0.25, 0.3) is 5.57 Å². The van der Waals surface area contributed by atoms with Gasteiger partial charge in [0.15, 0.2) is 0 Å². The number of hydrogen-bond donors (Lipinski definition) is 0. The van der Waals surface area contributed by atoms with Crippen molar-refractivity contribution in [3.63, 3.8) is 0 Å². The monoisotopic (exact) mass is 351 g/mol. The molecule has 0 bridgehead atoms. The third-order valence-corrected chi connectivity index (χ3v) is 5.06. The molecule has 0 N–H and O–H groups in total. The average Bonchev–Trinajstić information content (AvgIpc) is 2.60. The summed E-state index contributed by atoms with van der Waals surface area (Å²) in [4.78, 5) is 4.48. The van der Waals surface area contributed by atoms with E-state index in [4.69, 9.17) is 0 Å². The van der Waals surface area contributed by atoms with Crippen LogP contribution < -0.4 is 0 Å². The van der Waals surface area contributed by atoms with Crippen LogP contribution >= 0.6 is 0 Å². The Morgan fingerprint density at radius 3 is 2.04 bits per heavy atom. The van der Waals surface area contributed by atoms with Gasteiger partial charge in [-0.2, -0.15) is 0 Å². The molecule has 0 fully saturated rings. The van der Waals surface area contributed by atoms with Crippen molar-refractivity contribution < 1.29 is 0 Å². The summed E-state index contributed by atoms with van der Waals surface area (Å²) < 4.78 is 0. The van der Waals surface area contributed by atoms with E-state index in [9.17, 15) is 0 Å². The minimum Gasteiger partial charge on any atom is -0.266 e. The molecule has 1 heteroatoms. The van der Waals surface area contributed by atoms with Crippen molar-refractivity contribution >= 4 is 11.3 Å². The number of aliphatic imine (C=N–C) groups is 1. The van der Waals surface area contributed by atoms with Crippen LogP contribution in [0.1, 0.15) is 67.4 Å². The fraction of sp³-hybridized carbons (Fsp3) is 0.480. The van der Waals surface area contributed by atoms with E-state index in [0.29, 0.717) is 17.8 Å². The summed E-state index contributed by atoms with van der Waals surface area (Å²) in [5.74, 6) is 1.87. The standard InChI is InChI=1S/C25H37N/c1-9-17-26-20(6)15-16-24(23-13-11-10-12-14-23)21(7)22(8)25(18(2)3)19(4)5/h9-14,16-19,25H,15H2,1-8H3/b17-9-,22-21+,24-16+,26-20?. The Kier molecular flexibility index (Phi) is 9.34. The molecule has 1 aromatic carbocycles. The van der Waals surface area contributed by atoms with E-state index in [-0.39, 0.29) is 0 Å². The minimum atomic E-state index is 0.597. The van der Waals surface area contributed by atoms with Gasteiger partial charge in [-0.05, 0) is 62.2 Å². The van der Waals surface area contributed by atoms with Gasteiger partial charge in [-0.1, -0.05) is 75.8 Å². The Hall–Kier alpha value is -1.89. The largest absolute Gasteiger partial charge is 0.266 e. The van der Waals surface area contributed by atoms with Crippen LogP contribution in [0.5, 0.6) is 0 Å². The zero-order chi connectivity index (χ0) is 19.7. The van der Waals surface area contributed by atoms with Crippen LogP contribution in [0, 0.1) is 17.8 Å². The Bertz CT molecular complexity index is 661. The second kappa shape index (κ2) is 11.0. The Morgan fingerprint density at radius 2 is 1.54 bits per heavy atom. The van der Waals surface area contributed by atoms with Crippen LogP contribution in [-0.4, -0.2) is 5.71 Å². The van der Waals surface area contributed by atoms with Crippen LogP contribution in [0.4, 0.5) is 0 Å². The van der Waals surface area contributed by atoms with Crippen molar-refractivity contribution in [2.75, 3.05) is 0 Å². The molecule has 0 amide bonds. The van der Waals surface area contributed by atoms with Crippen molar-refractivity contribution in [1.82, 2.24) is 0 Å². The van der Waals surface area contributed by atoms with E-state index in [1.54, 1.807) is 0 Å². The molecule has 142 valence electrons. The lowest BCUT2D eigenvalue weighted by molar-refractivity contribution is 0.336. The molecule has 0 spiro atoms. The first-order chi connectivity index (χ1) is 12.3. The maximum absolute atomic E-state index is 4.48. The summed E-state index contributed by atoms with van der Waals surface area (Å²) in [7, 11) is 0. The molecule has 0 unspecified atom stereocenters. The van der Waals surface area contributed by atoms with Gasteiger partial charge in [0.2, 0.25) is 0 Å². The highest BCUT2D eigenvalue weighted by atomic mass is 14.7. The molecule has 0 saturated carbocycles. The molecule has 26 heavy (non-hydrogen) atoms. The fourth-order valence-corrected chi connectivity index (χ4v) is 3.84. The molecule has 1 rings (SSSR count).